The smallest absolute Gasteiger partial charge is 0.183 e. The molecule has 0 N–H and O–H groups in total. The number of hydrogen-bond acceptors (Lipinski definition) is 3. The third-order valence-corrected chi connectivity index (χ3v) is 5.03. The van der Waals surface area contributed by atoms with Gasteiger partial charge < -0.3 is 4.42 Å². The summed E-state index contributed by atoms with van der Waals surface area (Å²) in [7, 11) is -3.31. The van der Waals surface area contributed by atoms with E-state index in [0.29, 0.717) is 10.5 Å². The molecule has 2 rings (SSSR count). The van der Waals surface area contributed by atoms with Gasteiger partial charge in [0.15, 0.2) is 9.84 Å². The van der Waals surface area contributed by atoms with Gasteiger partial charge in [-0.1, -0.05) is 0 Å². The summed E-state index contributed by atoms with van der Waals surface area (Å²) in [6.07, 6.45) is 1.55. The molecule has 0 radical (unpaired) electrons. The van der Waals surface area contributed by atoms with Crippen molar-refractivity contribution >= 4 is 20.8 Å². The maximum atomic E-state index is 12.2. The van der Waals surface area contributed by atoms with Crippen LogP contribution in [0.5, 0.6) is 0 Å². The van der Waals surface area contributed by atoms with Crippen molar-refractivity contribution in [1.29, 1.82) is 0 Å². The molecule has 0 saturated heterocycles. The molecule has 1 aromatic carbocycles. The molecule has 86 valence electrons. The molecular weight excluding hydrogens is 224 g/mol. The lowest BCUT2D eigenvalue weighted by Crippen LogP contribution is -2.27. The first-order valence-corrected chi connectivity index (χ1v) is 6.52. The Kier molecular flexibility index (Phi) is 2.35. The van der Waals surface area contributed by atoms with Crippen LogP contribution in [0.2, 0.25) is 0 Å². The summed E-state index contributed by atoms with van der Waals surface area (Å²) in [4.78, 5) is 0.308. The molecule has 0 aliphatic rings. The zero-order chi connectivity index (χ0) is 12.0. The second-order valence-corrected chi connectivity index (χ2v) is 7.44. The van der Waals surface area contributed by atoms with Crippen molar-refractivity contribution in [3.05, 3.63) is 30.5 Å². The van der Waals surface area contributed by atoms with E-state index < -0.39 is 14.6 Å². The Morgan fingerprint density at radius 1 is 1.12 bits per heavy atom. The molecular formula is C12H14O3S. The minimum absolute atomic E-state index is 0.308. The minimum atomic E-state index is -3.31. The van der Waals surface area contributed by atoms with Crippen molar-refractivity contribution in [3.63, 3.8) is 0 Å². The van der Waals surface area contributed by atoms with Crippen molar-refractivity contribution in [3.8, 4) is 0 Å². The van der Waals surface area contributed by atoms with Crippen LogP contribution < -0.4 is 0 Å². The highest BCUT2D eigenvalue weighted by molar-refractivity contribution is 7.92. The number of rotatable bonds is 1. The first-order chi connectivity index (χ1) is 7.32. The predicted octanol–water partition coefficient (Wildman–Crippen LogP) is 3.01. The molecule has 0 bridgehead atoms. The van der Waals surface area contributed by atoms with Crippen LogP contribution in [-0.4, -0.2) is 13.2 Å². The molecule has 1 aromatic heterocycles. The SMILES string of the molecule is CC(C)(C)S(=O)(=O)c1ccc2ccoc2c1. The Balaban J connectivity index is 2.64. The standard InChI is InChI=1S/C12H14O3S/c1-12(2,3)16(13,14)10-5-4-9-6-7-15-11(9)8-10/h4-8H,1-3H3. The highest BCUT2D eigenvalue weighted by Crippen LogP contribution is 2.27. The van der Waals surface area contributed by atoms with E-state index >= 15 is 0 Å². The van der Waals surface area contributed by atoms with Crippen molar-refractivity contribution in [2.24, 2.45) is 0 Å². The number of fused-ring (bicyclic) bond motifs is 1. The minimum Gasteiger partial charge on any atom is -0.464 e. The summed E-state index contributed by atoms with van der Waals surface area (Å²) >= 11 is 0. The van der Waals surface area contributed by atoms with Gasteiger partial charge in [0.2, 0.25) is 0 Å². The molecule has 0 saturated carbocycles. The van der Waals surface area contributed by atoms with Gasteiger partial charge in [0.25, 0.3) is 0 Å². The summed E-state index contributed by atoms with van der Waals surface area (Å²) in [6, 6.07) is 6.77. The van der Waals surface area contributed by atoms with Gasteiger partial charge in [-0.15, -0.1) is 0 Å². The van der Waals surface area contributed by atoms with E-state index in [1.165, 1.54) is 0 Å². The number of furan rings is 1. The predicted molar refractivity (Wildman–Crippen MR) is 63.2 cm³/mol. The van der Waals surface area contributed by atoms with Crippen LogP contribution in [0.15, 0.2) is 39.8 Å². The Morgan fingerprint density at radius 3 is 2.44 bits per heavy atom. The molecule has 2 aromatic rings. The Morgan fingerprint density at radius 2 is 1.81 bits per heavy atom. The van der Waals surface area contributed by atoms with Crippen LogP contribution in [0.4, 0.5) is 0 Å². The van der Waals surface area contributed by atoms with Gasteiger partial charge in [0, 0.05) is 11.5 Å². The molecule has 0 unspecified atom stereocenters. The summed E-state index contributed by atoms with van der Waals surface area (Å²) in [5.41, 5.74) is 0.602. The second-order valence-electron chi connectivity index (χ2n) is 4.74. The molecule has 1 heterocycles. The van der Waals surface area contributed by atoms with Gasteiger partial charge in [0.05, 0.1) is 15.9 Å². The van der Waals surface area contributed by atoms with Gasteiger partial charge in [-0.2, -0.15) is 0 Å². The van der Waals surface area contributed by atoms with E-state index in [0.717, 1.165) is 5.39 Å². The zero-order valence-electron chi connectivity index (χ0n) is 9.52. The van der Waals surface area contributed by atoms with Crippen molar-refractivity contribution in [1.82, 2.24) is 0 Å². The molecule has 0 amide bonds. The zero-order valence-corrected chi connectivity index (χ0v) is 10.3. The topological polar surface area (TPSA) is 47.3 Å². The molecule has 0 spiro atoms. The van der Waals surface area contributed by atoms with Crippen LogP contribution in [0, 0.1) is 0 Å². The Hall–Kier alpha value is -1.29. The molecule has 4 heteroatoms. The second kappa shape index (κ2) is 3.35. The maximum Gasteiger partial charge on any atom is 0.183 e. The average Bonchev–Trinajstić information content (AvgIpc) is 2.61. The van der Waals surface area contributed by atoms with Crippen LogP contribution in [-0.2, 0) is 9.84 Å². The first kappa shape index (κ1) is 11.2. The number of sulfone groups is 1. The molecule has 0 aliphatic carbocycles. The van der Waals surface area contributed by atoms with Crippen LogP contribution in [0.1, 0.15) is 20.8 Å². The molecule has 0 fully saturated rings. The van der Waals surface area contributed by atoms with Gasteiger partial charge in [-0.25, -0.2) is 8.42 Å². The van der Waals surface area contributed by atoms with Gasteiger partial charge >= 0.3 is 0 Å². The Bertz CT molecular complexity index is 615. The third kappa shape index (κ3) is 1.63. The largest absolute Gasteiger partial charge is 0.464 e. The van der Waals surface area contributed by atoms with Crippen molar-refractivity contribution in [2.75, 3.05) is 0 Å². The van der Waals surface area contributed by atoms with Gasteiger partial charge in [-0.3, -0.25) is 0 Å². The lowest BCUT2D eigenvalue weighted by atomic mass is 10.2. The van der Waals surface area contributed by atoms with Crippen LogP contribution in [0.25, 0.3) is 11.0 Å². The first-order valence-electron chi connectivity index (χ1n) is 5.04. The van der Waals surface area contributed by atoms with E-state index in [2.05, 4.69) is 0 Å². The maximum absolute atomic E-state index is 12.2. The van der Waals surface area contributed by atoms with E-state index in [4.69, 9.17) is 4.42 Å². The molecule has 3 nitrogen and oxygen atoms in total. The third-order valence-electron chi connectivity index (χ3n) is 2.54. The summed E-state index contributed by atoms with van der Waals surface area (Å²) in [5, 5.41) is 0.910. The van der Waals surface area contributed by atoms with E-state index in [-0.39, 0.29) is 0 Å². The lowest BCUT2D eigenvalue weighted by molar-refractivity contribution is 0.559. The van der Waals surface area contributed by atoms with Crippen LogP contribution in [0.3, 0.4) is 0 Å². The summed E-state index contributed by atoms with van der Waals surface area (Å²) < 4.78 is 28.8. The summed E-state index contributed by atoms with van der Waals surface area (Å²) in [5.74, 6) is 0. The molecule has 0 atom stereocenters. The number of hydrogen-bond donors (Lipinski definition) is 0. The fraction of sp³-hybridized carbons (Fsp3) is 0.333. The summed E-state index contributed by atoms with van der Waals surface area (Å²) in [6.45, 7) is 5.07. The fourth-order valence-corrected chi connectivity index (χ4v) is 2.67. The van der Waals surface area contributed by atoms with Crippen molar-refractivity contribution in [2.45, 2.75) is 30.4 Å². The van der Waals surface area contributed by atoms with Gasteiger partial charge in [0.1, 0.15) is 5.58 Å². The highest BCUT2D eigenvalue weighted by atomic mass is 32.2. The Labute approximate surface area is 95.0 Å². The number of benzene rings is 1. The van der Waals surface area contributed by atoms with E-state index in [9.17, 15) is 8.42 Å². The van der Waals surface area contributed by atoms with Crippen molar-refractivity contribution < 1.29 is 12.8 Å². The quantitative estimate of drug-likeness (QED) is 0.767. The molecule has 0 aliphatic heterocycles. The van der Waals surface area contributed by atoms with Gasteiger partial charge in [-0.05, 0) is 39.0 Å². The average molecular weight is 238 g/mol. The lowest BCUT2D eigenvalue weighted by Gasteiger charge is -2.18. The van der Waals surface area contributed by atoms with E-state index in [1.807, 2.05) is 6.07 Å². The normalized spacial score (nSPS) is 13.2. The fourth-order valence-electron chi connectivity index (χ4n) is 1.46. The van der Waals surface area contributed by atoms with Crippen LogP contribution >= 0.6 is 0 Å². The molecule has 16 heavy (non-hydrogen) atoms. The van der Waals surface area contributed by atoms with E-state index in [1.54, 1.807) is 45.2 Å². The monoisotopic (exact) mass is 238 g/mol. The highest BCUT2D eigenvalue weighted by Gasteiger charge is 2.31.